The molecule has 0 atom stereocenters. The van der Waals surface area contributed by atoms with Gasteiger partial charge in [0.1, 0.15) is 5.58 Å². The first-order valence-electron chi connectivity index (χ1n) is 8.23. The fraction of sp³-hybridized carbons (Fsp3) is 0.250. The summed E-state index contributed by atoms with van der Waals surface area (Å²) < 4.78 is 16.3. The number of nitrogens with one attached hydrogen (secondary N) is 1. The summed E-state index contributed by atoms with van der Waals surface area (Å²) in [5.74, 6) is 1.42. The monoisotopic (exact) mass is 337 g/mol. The molecule has 3 aromatic rings. The first kappa shape index (κ1) is 15.6. The minimum Gasteiger partial charge on any atom is -0.464 e. The zero-order chi connectivity index (χ0) is 17.4. The molecule has 1 aromatic heterocycles. The molecule has 5 heteroatoms. The molecule has 25 heavy (non-hydrogen) atoms. The highest BCUT2D eigenvalue weighted by Gasteiger charge is 2.15. The van der Waals surface area contributed by atoms with E-state index < -0.39 is 0 Å². The summed E-state index contributed by atoms with van der Waals surface area (Å²) in [4.78, 5) is 12.3. The van der Waals surface area contributed by atoms with Gasteiger partial charge in [-0.1, -0.05) is 18.2 Å². The maximum absolute atomic E-state index is 12.3. The number of rotatable bonds is 4. The molecular weight excluding hydrogens is 318 g/mol. The predicted molar refractivity (Wildman–Crippen MR) is 93.8 cm³/mol. The van der Waals surface area contributed by atoms with Crippen LogP contribution in [-0.4, -0.2) is 12.7 Å². The van der Waals surface area contributed by atoms with Crippen LogP contribution in [0.15, 0.2) is 41.0 Å². The lowest BCUT2D eigenvalue weighted by molar-refractivity contribution is -0.120. The van der Waals surface area contributed by atoms with Crippen LogP contribution < -0.4 is 14.8 Å². The van der Waals surface area contributed by atoms with Gasteiger partial charge in [-0.05, 0) is 42.7 Å². The average Bonchev–Trinajstić information content (AvgIpc) is 3.23. The Hall–Kier alpha value is -2.95. The highest BCUT2D eigenvalue weighted by atomic mass is 16.7. The normalized spacial score (nSPS) is 12.6. The number of ether oxygens (including phenoxy) is 2. The van der Waals surface area contributed by atoms with E-state index in [4.69, 9.17) is 13.9 Å². The fourth-order valence-corrected chi connectivity index (χ4v) is 3.01. The Morgan fingerprint density at radius 1 is 1.12 bits per heavy atom. The van der Waals surface area contributed by atoms with Crippen LogP contribution in [0.2, 0.25) is 0 Å². The van der Waals surface area contributed by atoms with E-state index in [1.54, 1.807) is 6.26 Å². The highest BCUT2D eigenvalue weighted by molar-refractivity contribution is 5.89. The van der Waals surface area contributed by atoms with Gasteiger partial charge < -0.3 is 19.2 Å². The largest absolute Gasteiger partial charge is 0.464 e. The lowest BCUT2D eigenvalue weighted by Gasteiger charge is -2.06. The SMILES string of the molecule is Cc1ccc2c(CC(=O)NCc3ccc4c(c3)OCO4)coc2c1C. The van der Waals surface area contributed by atoms with E-state index >= 15 is 0 Å². The number of hydrogen-bond acceptors (Lipinski definition) is 4. The molecule has 1 aliphatic heterocycles. The van der Waals surface area contributed by atoms with Gasteiger partial charge in [-0.25, -0.2) is 0 Å². The van der Waals surface area contributed by atoms with Crippen molar-refractivity contribution in [2.24, 2.45) is 0 Å². The van der Waals surface area contributed by atoms with Crippen molar-refractivity contribution >= 4 is 16.9 Å². The molecule has 2 aromatic carbocycles. The van der Waals surface area contributed by atoms with Crippen LogP contribution in [0.5, 0.6) is 11.5 Å². The zero-order valence-corrected chi connectivity index (χ0v) is 14.2. The Morgan fingerprint density at radius 2 is 1.96 bits per heavy atom. The van der Waals surface area contributed by atoms with E-state index in [1.807, 2.05) is 31.2 Å². The number of hydrogen-bond donors (Lipinski definition) is 1. The Labute approximate surface area is 145 Å². The zero-order valence-electron chi connectivity index (χ0n) is 14.2. The number of furan rings is 1. The third kappa shape index (κ3) is 2.93. The van der Waals surface area contributed by atoms with Gasteiger partial charge in [0, 0.05) is 17.5 Å². The number of benzene rings is 2. The Balaban J connectivity index is 1.43. The number of aryl methyl sites for hydroxylation is 2. The van der Waals surface area contributed by atoms with Gasteiger partial charge in [0.2, 0.25) is 12.7 Å². The van der Waals surface area contributed by atoms with Crippen LogP contribution >= 0.6 is 0 Å². The first-order chi connectivity index (χ1) is 12.1. The number of amides is 1. The molecule has 0 spiro atoms. The molecule has 0 bridgehead atoms. The summed E-state index contributed by atoms with van der Waals surface area (Å²) in [6, 6.07) is 9.75. The smallest absolute Gasteiger partial charge is 0.231 e. The molecule has 0 unspecified atom stereocenters. The van der Waals surface area contributed by atoms with Crippen molar-refractivity contribution in [3.63, 3.8) is 0 Å². The van der Waals surface area contributed by atoms with Gasteiger partial charge in [-0.2, -0.15) is 0 Å². The molecule has 128 valence electrons. The first-order valence-corrected chi connectivity index (χ1v) is 8.23. The van der Waals surface area contributed by atoms with Crippen LogP contribution in [0.25, 0.3) is 11.0 Å². The molecule has 0 fully saturated rings. The second-order valence-electron chi connectivity index (χ2n) is 6.29. The number of fused-ring (bicyclic) bond motifs is 2. The molecule has 0 saturated heterocycles. The summed E-state index contributed by atoms with van der Waals surface area (Å²) in [5.41, 5.74) is 5.03. The maximum atomic E-state index is 12.3. The summed E-state index contributed by atoms with van der Waals surface area (Å²) in [5, 5.41) is 3.94. The van der Waals surface area contributed by atoms with Gasteiger partial charge in [-0.15, -0.1) is 0 Å². The van der Waals surface area contributed by atoms with Crippen molar-refractivity contribution in [2.45, 2.75) is 26.8 Å². The van der Waals surface area contributed by atoms with Crippen LogP contribution in [0, 0.1) is 13.8 Å². The molecule has 1 amide bonds. The minimum absolute atomic E-state index is 0.0430. The molecular formula is C20H19NO4. The summed E-state index contributed by atoms with van der Waals surface area (Å²) >= 11 is 0. The van der Waals surface area contributed by atoms with Crippen molar-refractivity contribution < 1.29 is 18.7 Å². The second kappa shape index (κ2) is 6.16. The van der Waals surface area contributed by atoms with Crippen molar-refractivity contribution in [3.8, 4) is 11.5 Å². The van der Waals surface area contributed by atoms with E-state index in [1.165, 1.54) is 5.56 Å². The average molecular weight is 337 g/mol. The molecule has 0 saturated carbocycles. The standard InChI is InChI=1S/C20H19NO4/c1-12-3-5-16-15(10-23-20(16)13(12)2)8-19(22)21-9-14-4-6-17-18(7-14)25-11-24-17/h3-7,10H,8-9,11H2,1-2H3,(H,21,22). The topological polar surface area (TPSA) is 60.7 Å². The number of carbonyl (C=O) groups excluding carboxylic acids is 1. The van der Waals surface area contributed by atoms with E-state index in [2.05, 4.69) is 18.3 Å². The molecule has 0 radical (unpaired) electrons. The molecule has 1 aliphatic rings. The second-order valence-corrected chi connectivity index (χ2v) is 6.29. The lowest BCUT2D eigenvalue weighted by atomic mass is 10.0. The van der Waals surface area contributed by atoms with E-state index in [-0.39, 0.29) is 12.7 Å². The summed E-state index contributed by atoms with van der Waals surface area (Å²) in [6.45, 7) is 4.78. The molecule has 2 heterocycles. The van der Waals surface area contributed by atoms with Crippen LogP contribution in [0.1, 0.15) is 22.3 Å². The Bertz CT molecular complexity index is 958. The van der Waals surface area contributed by atoms with Gasteiger partial charge in [0.25, 0.3) is 0 Å². The highest BCUT2D eigenvalue weighted by Crippen LogP contribution is 2.32. The van der Waals surface area contributed by atoms with Crippen LogP contribution in [0.4, 0.5) is 0 Å². The molecule has 0 aliphatic carbocycles. The van der Waals surface area contributed by atoms with E-state index in [9.17, 15) is 4.79 Å². The maximum Gasteiger partial charge on any atom is 0.231 e. The number of carbonyl (C=O) groups is 1. The van der Waals surface area contributed by atoms with Crippen molar-refractivity contribution in [1.29, 1.82) is 0 Å². The Morgan fingerprint density at radius 3 is 2.84 bits per heavy atom. The van der Waals surface area contributed by atoms with Gasteiger partial charge in [0.05, 0.1) is 12.7 Å². The third-order valence-electron chi connectivity index (χ3n) is 4.62. The van der Waals surface area contributed by atoms with Gasteiger partial charge in [-0.3, -0.25) is 4.79 Å². The van der Waals surface area contributed by atoms with Gasteiger partial charge in [0.15, 0.2) is 11.5 Å². The fourth-order valence-electron chi connectivity index (χ4n) is 3.01. The van der Waals surface area contributed by atoms with Gasteiger partial charge >= 0.3 is 0 Å². The van der Waals surface area contributed by atoms with Crippen molar-refractivity contribution in [2.75, 3.05) is 6.79 Å². The minimum atomic E-state index is -0.0430. The Kier molecular flexibility index (Phi) is 3.84. The quantitative estimate of drug-likeness (QED) is 0.790. The van der Waals surface area contributed by atoms with E-state index in [0.717, 1.165) is 39.2 Å². The third-order valence-corrected chi connectivity index (χ3v) is 4.62. The van der Waals surface area contributed by atoms with Crippen LogP contribution in [0.3, 0.4) is 0 Å². The molecule has 1 N–H and O–H groups in total. The lowest BCUT2D eigenvalue weighted by Crippen LogP contribution is -2.24. The predicted octanol–water partition coefficient (Wildman–Crippen LogP) is 3.64. The molecule has 4 rings (SSSR count). The summed E-state index contributed by atoms with van der Waals surface area (Å²) in [6.07, 6.45) is 1.97. The molecule has 5 nitrogen and oxygen atoms in total. The summed E-state index contributed by atoms with van der Waals surface area (Å²) in [7, 11) is 0. The van der Waals surface area contributed by atoms with Crippen molar-refractivity contribution in [3.05, 3.63) is 58.8 Å². The van der Waals surface area contributed by atoms with Crippen LogP contribution in [-0.2, 0) is 17.8 Å². The van der Waals surface area contributed by atoms with E-state index in [0.29, 0.717) is 13.0 Å². The van der Waals surface area contributed by atoms with Crippen molar-refractivity contribution in [1.82, 2.24) is 5.32 Å².